The fraction of sp³-hybridized carbons (Fsp3) is 0.160. The number of rotatable bonds is 6. The first kappa shape index (κ1) is 21.8. The zero-order chi connectivity index (χ0) is 23.7. The van der Waals surface area contributed by atoms with Crippen molar-refractivity contribution in [1.29, 1.82) is 0 Å². The van der Waals surface area contributed by atoms with Gasteiger partial charge in [-0.2, -0.15) is 0 Å². The molecular formula is C25H22N6O2S. The first-order valence-electron chi connectivity index (χ1n) is 10.8. The van der Waals surface area contributed by atoms with Crippen molar-refractivity contribution < 1.29 is 4.79 Å². The number of para-hydroxylation sites is 1. The van der Waals surface area contributed by atoms with Crippen molar-refractivity contribution in [2.75, 3.05) is 5.75 Å². The van der Waals surface area contributed by atoms with Crippen molar-refractivity contribution in [3.8, 4) is 5.69 Å². The third-order valence-electron chi connectivity index (χ3n) is 5.74. The van der Waals surface area contributed by atoms with Gasteiger partial charge in [-0.25, -0.2) is 4.57 Å². The minimum absolute atomic E-state index is 0.139. The standard InChI is InChI=1S/C25H22N6O2S/c1-16-8-7-12-20(17(16)2)30-23(33)19-10-3-4-11-21(19)31-24(30)28-29-25(31)34-15-22(32)27-14-18-9-5-6-13-26-18/h3-13H,14-15H2,1-2H3,(H,27,32). The van der Waals surface area contributed by atoms with Gasteiger partial charge >= 0.3 is 0 Å². The molecule has 3 heterocycles. The third kappa shape index (κ3) is 3.94. The smallest absolute Gasteiger partial charge is 0.267 e. The van der Waals surface area contributed by atoms with E-state index in [0.717, 1.165) is 22.5 Å². The van der Waals surface area contributed by atoms with E-state index in [2.05, 4.69) is 20.5 Å². The predicted octanol–water partition coefficient (Wildman–Crippen LogP) is 3.45. The van der Waals surface area contributed by atoms with E-state index in [-0.39, 0.29) is 17.2 Å². The number of nitrogens with zero attached hydrogens (tertiary/aromatic N) is 5. The molecule has 0 unspecified atom stereocenters. The summed E-state index contributed by atoms with van der Waals surface area (Å²) in [4.78, 5) is 30.2. The normalized spacial score (nSPS) is 11.2. The third-order valence-corrected chi connectivity index (χ3v) is 6.67. The second-order valence-corrected chi connectivity index (χ2v) is 8.82. The molecule has 0 radical (unpaired) electrons. The maximum Gasteiger partial charge on any atom is 0.267 e. The zero-order valence-corrected chi connectivity index (χ0v) is 19.5. The van der Waals surface area contributed by atoms with Crippen LogP contribution in [0.1, 0.15) is 16.8 Å². The van der Waals surface area contributed by atoms with Crippen molar-refractivity contribution in [3.63, 3.8) is 0 Å². The summed E-state index contributed by atoms with van der Waals surface area (Å²) in [5.74, 6) is 0.429. The highest BCUT2D eigenvalue weighted by Gasteiger charge is 2.19. The summed E-state index contributed by atoms with van der Waals surface area (Å²) < 4.78 is 3.44. The van der Waals surface area contributed by atoms with Crippen LogP contribution in [0.25, 0.3) is 22.4 Å². The lowest BCUT2D eigenvalue weighted by Crippen LogP contribution is -2.25. The first-order valence-corrected chi connectivity index (χ1v) is 11.8. The molecule has 1 N–H and O–H groups in total. The molecule has 0 aliphatic heterocycles. The fourth-order valence-corrected chi connectivity index (χ4v) is 4.61. The second kappa shape index (κ2) is 9.11. The summed E-state index contributed by atoms with van der Waals surface area (Å²) in [5, 5.41) is 12.7. The molecule has 0 fully saturated rings. The van der Waals surface area contributed by atoms with Crippen LogP contribution in [-0.4, -0.2) is 35.8 Å². The number of aromatic nitrogens is 5. The average Bonchev–Trinajstić information content (AvgIpc) is 3.28. The van der Waals surface area contributed by atoms with Gasteiger partial charge in [0.05, 0.1) is 34.6 Å². The summed E-state index contributed by atoms with van der Waals surface area (Å²) in [7, 11) is 0. The Morgan fingerprint density at radius 2 is 1.82 bits per heavy atom. The summed E-state index contributed by atoms with van der Waals surface area (Å²) in [5.41, 5.74) is 4.16. The number of thioether (sulfide) groups is 1. The number of benzene rings is 2. The molecule has 0 saturated carbocycles. The Labute approximate surface area is 199 Å². The molecule has 0 spiro atoms. The number of fused-ring (bicyclic) bond motifs is 3. The van der Waals surface area contributed by atoms with Gasteiger partial charge in [-0.15, -0.1) is 10.2 Å². The molecule has 3 aromatic heterocycles. The molecule has 1 amide bonds. The Morgan fingerprint density at radius 3 is 2.65 bits per heavy atom. The van der Waals surface area contributed by atoms with Gasteiger partial charge in [0.25, 0.3) is 5.56 Å². The number of pyridine rings is 1. The fourth-order valence-electron chi connectivity index (χ4n) is 3.84. The van der Waals surface area contributed by atoms with Crippen molar-refractivity contribution >= 4 is 34.3 Å². The molecule has 0 bridgehead atoms. The zero-order valence-electron chi connectivity index (χ0n) is 18.7. The van der Waals surface area contributed by atoms with E-state index in [9.17, 15) is 9.59 Å². The lowest BCUT2D eigenvalue weighted by molar-refractivity contribution is -0.118. The van der Waals surface area contributed by atoms with E-state index in [1.54, 1.807) is 16.8 Å². The van der Waals surface area contributed by atoms with Crippen LogP contribution in [0.2, 0.25) is 0 Å². The van der Waals surface area contributed by atoms with E-state index < -0.39 is 0 Å². The minimum atomic E-state index is -0.158. The molecule has 2 aromatic carbocycles. The summed E-state index contributed by atoms with van der Waals surface area (Å²) >= 11 is 1.27. The lowest BCUT2D eigenvalue weighted by atomic mass is 10.1. The van der Waals surface area contributed by atoms with E-state index in [1.807, 2.05) is 72.8 Å². The molecule has 9 heteroatoms. The maximum atomic E-state index is 13.5. The number of aryl methyl sites for hydroxylation is 1. The molecule has 170 valence electrons. The van der Waals surface area contributed by atoms with E-state index >= 15 is 0 Å². The number of carbonyl (C=O) groups excluding carboxylic acids is 1. The molecular weight excluding hydrogens is 448 g/mol. The van der Waals surface area contributed by atoms with Gasteiger partial charge in [-0.3, -0.25) is 19.0 Å². The number of carbonyl (C=O) groups is 1. The number of hydrogen-bond acceptors (Lipinski definition) is 6. The van der Waals surface area contributed by atoms with Crippen LogP contribution in [-0.2, 0) is 11.3 Å². The number of nitrogens with one attached hydrogen (secondary N) is 1. The number of hydrogen-bond donors (Lipinski definition) is 1. The van der Waals surface area contributed by atoms with Gasteiger partial charge in [-0.05, 0) is 55.3 Å². The summed E-state index contributed by atoms with van der Waals surface area (Å²) in [6, 6.07) is 18.8. The topological polar surface area (TPSA) is 94.2 Å². The summed E-state index contributed by atoms with van der Waals surface area (Å²) in [6.07, 6.45) is 1.69. The van der Waals surface area contributed by atoms with Crippen molar-refractivity contribution in [2.24, 2.45) is 0 Å². The molecule has 0 atom stereocenters. The monoisotopic (exact) mass is 470 g/mol. The van der Waals surface area contributed by atoms with Crippen LogP contribution in [0.15, 0.2) is 76.8 Å². The van der Waals surface area contributed by atoms with Crippen LogP contribution in [0.4, 0.5) is 0 Å². The van der Waals surface area contributed by atoms with Crippen LogP contribution < -0.4 is 10.9 Å². The Morgan fingerprint density at radius 1 is 1.00 bits per heavy atom. The Balaban J connectivity index is 1.53. The predicted molar refractivity (Wildman–Crippen MR) is 132 cm³/mol. The first-order chi connectivity index (χ1) is 16.5. The number of amides is 1. The molecule has 0 saturated heterocycles. The van der Waals surface area contributed by atoms with Crippen LogP contribution in [0.3, 0.4) is 0 Å². The van der Waals surface area contributed by atoms with Gasteiger partial charge in [0.15, 0.2) is 5.16 Å². The summed E-state index contributed by atoms with van der Waals surface area (Å²) in [6.45, 7) is 4.35. The Kier molecular flexibility index (Phi) is 5.85. The van der Waals surface area contributed by atoms with Gasteiger partial charge < -0.3 is 5.32 Å². The van der Waals surface area contributed by atoms with Crippen LogP contribution >= 0.6 is 11.8 Å². The largest absolute Gasteiger partial charge is 0.350 e. The molecule has 5 aromatic rings. The van der Waals surface area contributed by atoms with Crippen molar-refractivity contribution in [1.82, 2.24) is 29.5 Å². The second-order valence-electron chi connectivity index (χ2n) is 7.88. The Bertz CT molecular complexity index is 1580. The highest BCUT2D eigenvalue weighted by molar-refractivity contribution is 7.99. The molecule has 8 nitrogen and oxygen atoms in total. The highest BCUT2D eigenvalue weighted by atomic mass is 32.2. The van der Waals surface area contributed by atoms with Crippen molar-refractivity contribution in [3.05, 3.63) is 94.0 Å². The highest BCUT2D eigenvalue weighted by Crippen LogP contribution is 2.25. The van der Waals surface area contributed by atoms with Gasteiger partial charge in [0.1, 0.15) is 0 Å². The minimum Gasteiger partial charge on any atom is -0.350 e. The average molecular weight is 471 g/mol. The lowest BCUT2D eigenvalue weighted by Gasteiger charge is -2.14. The molecule has 34 heavy (non-hydrogen) atoms. The Hall–Kier alpha value is -3.98. The van der Waals surface area contributed by atoms with Gasteiger partial charge in [0.2, 0.25) is 11.7 Å². The van der Waals surface area contributed by atoms with Gasteiger partial charge in [-0.1, -0.05) is 42.1 Å². The van der Waals surface area contributed by atoms with Gasteiger partial charge in [0, 0.05) is 6.20 Å². The van der Waals surface area contributed by atoms with Crippen LogP contribution in [0.5, 0.6) is 0 Å². The van der Waals surface area contributed by atoms with E-state index in [0.29, 0.717) is 28.4 Å². The van der Waals surface area contributed by atoms with E-state index in [1.165, 1.54) is 11.8 Å². The van der Waals surface area contributed by atoms with Crippen LogP contribution in [0, 0.1) is 13.8 Å². The SMILES string of the molecule is Cc1cccc(-n2c(=O)c3ccccc3n3c(SCC(=O)NCc4ccccn4)nnc23)c1C. The molecule has 5 rings (SSSR count). The maximum absolute atomic E-state index is 13.5. The quantitative estimate of drug-likeness (QED) is 0.382. The van der Waals surface area contributed by atoms with E-state index in [4.69, 9.17) is 0 Å². The molecule has 0 aliphatic rings. The van der Waals surface area contributed by atoms with Crippen molar-refractivity contribution in [2.45, 2.75) is 25.5 Å². The molecule has 0 aliphatic carbocycles.